The van der Waals surface area contributed by atoms with E-state index < -0.39 is 10.0 Å². The molecule has 1 saturated carbocycles. The lowest BCUT2D eigenvalue weighted by Crippen LogP contribution is -2.38. The number of nitrogens with zero attached hydrogens (tertiary/aromatic N) is 1. The zero-order valence-corrected chi connectivity index (χ0v) is 23.5. The number of hydrogen-bond acceptors (Lipinski definition) is 5. The molecule has 0 radical (unpaired) electrons. The van der Waals surface area contributed by atoms with E-state index in [1.54, 1.807) is 12.1 Å². The summed E-state index contributed by atoms with van der Waals surface area (Å²) in [4.78, 5) is 26.4. The summed E-state index contributed by atoms with van der Waals surface area (Å²) < 4.78 is 28.0. The van der Waals surface area contributed by atoms with Crippen LogP contribution in [0.4, 0.5) is 5.69 Å². The first-order valence-electron chi connectivity index (χ1n) is 13.3. The quantitative estimate of drug-likeness (QED) is 0.322. The lowest BCUT2D eigenvalue weighted by atomic mass is 9.81. The summed E-state index contributed by atoms with van der Waals surface area (Å²) in [6.45, 7) is 14.6. The van der Waals surface area contributed by atoms with Gasteiger partial charge in [0, 0.05) is 44.7 Å². The number of rotatable bonds is 14. The molecule has 8 nitrogen and oxygen atoms in total. The number of amides is 2. The smallest absolute Gasteiger partial charge is 0.240 e. The molecule has 2 amide bonds. The Morgan fingerprint density at radius 3 is 2.08 bits per heavy atom. The van der Waals surface area contributed by atoms with E-state index in [2.05, 4.69) is 48.0 Å². The van der Waals surface area contributed by atoms with Crippen LogP contribution in [-0.4, -0.2) is 57.9 Å². The van der Waals surface area contributed by atoms with Crippen LogP contribution in [0.2, 0.25) is 0 Å². The molecule has 1 aliphatic carbocycles. The van der Waals surface area contributed by atoms with Crippen molar-refractivity contribution in [1.29, 1.82) is 0 Å². The van der Waals surface area contributed by atoms with Crippen LogP contribution in [0.5, 0.6) is 0 Å². The standard InChI is InChI=1S/C27H46N4O4S/c1-20(2)18-31(19-21(3)4)16-6-15-28-27(33)24-9-7-23(8-10-24)17-29-36(34,35)26-13-11-25(12-14-26)30-22(5)32/h11-14,20-21,23-24,29H,6-10,15-19H2,1-5H3,(H,28,33)(H,30,32). The molecule has 1 aromatic rings. The Bertz CT molecular complexity index is 914. The number of benzene rings is 1. The highest BCUT2D eigenvalue weighted by Crippen LogP contribution is 2.29. The van der Waals surface area contributed by atoms with Gasteiger partial charge in [0.1, 0.15) is 0 Å². The van der Waals surface area contributed by atoms with E-state index in [0.29, 0.717) is 30.6 Å². The van der Waals surface area contributed by atoms with Gasteiger partial charge in [-0.3, -0.25) is 9.59 Å². The molecule has 0 unspecified atom stereocenters. The van der Waals surface area contributed by atoms with E-state index in [-0.39, 0.29) is 28.5 Å². The molecule has 0 aliphatic heterocycles. The number of carbonyl (C=O) groups is 2. The zero-order valence-electron chi connectivity index (χ0n) is 22.7. The van der Waals surface area contributed by atoms with Crippen molar-refractivity contribution >= 4 is 27.5 Å². The molecule has 204 valence electrons. The summed E-state index contributed by atoms with van der Waals surface area (Å²) in [6, 6.07) is 6.12. The second-order valence-corrected chi connectivity index (χ2v) is 12.7. The van der Waals surface area contributed by atoms with Crippen molar-refractivity contribution in [3.63, 3.8) is 0 Å². The predicted octanol–water partition coefficient (Wildman–Crippen LogP) is 3.85. The number of sulfonamides is 1. The van der Waals surface area contributed by atoms with E-state index >= 15 is 0 Å². The normalized spacial score (nSPS) is 18.6. The van der Waals surface area contributed by atoms with Gasteiger partial charge in [-0.1, -0.05) is 27.7 Å². The van der Waals surface area contributed by atoms with Crippen molar-refractivity contribution < 1.29 is 18.0 Å². The van der Waals surface area contributed by atoms with Crippen molar-refractivity contribution in [2.45, 2.75) is 71.6 Å². The van der Waals surface area contributed by atoms with Crippen LogP contribution in [-0.2, 0) is 19.6 Å². The second kappa shape index (κ2) is 14.7. The zero-order chi connectivity index (χ0) is 26.7. The Morgan fingerprint density at radius 1 is 0.972 bits per heavy atom. The highest BCUT2D eigenvalue weighted by atomic mass is 32.2. The fourth-order valence-electron chi connectivity index (χ4n) is 4.81. The van der Waals surface area contributed by atoms with Crippen LogP contribution in [0.3, 0.4) is 0 Å². The van der Waals surface area contributed by atoms with Gasteiger partial charge in [0.25, 0.3) is 0 Å². The Balaban J connectivity index is 1.69. The van der Waals surface area contributed by atoms with Crippen molar-refractivity contribution in [2.75, 3.05) is 38.0 Å². The summed E-state index contributed by atoms with van der Waals surface area (Å²) in [5, 5.41) is 5.75. The molecule has 0 saturated heterocycles. The van der Waals surface area contributed by atoms with Crippen LogP contribution in [0.1, 0.15) is 66.7 Å². The van der Waals surface area contributed by atoms with E-state index in [4.69, 9.17) is 0 Å². The molecule has 1 aliphatic rings. The second-order valence-electron chi connectivity index (χ2n) is 11.0. The summed E-state index contributed by atoms with van der Waals surface area (Å²) in [5.74, 6) is 1.43. The topological polar surface area (TPSA) is 108 Å². The first kappa shape index (κ1) is 30.3. The average molecular weight is 523 g/mol. The summed E-state index contributed by atoms with van der Waals surface area (Å²) in [6.07, 6.45) is 4.19. The van der Waals surface area contributed by atoms with E-state index in [1.165, 1.54) is 19.1 Å². The maximum atomic E-state index is 12.6. The maximum Gasteiger partial charge on any atom is 0.240 e. The molecule has 1 aromatic carbocycles. The van der Waals surface area contributed by atoms with Crippen LogP contribution in [0.25, 0.3) is 0 Å². The minimum atomic E-state index is -3.62. The highest BCUT2D eigenvalue weighted by molar-refractivity contribution is 7.89. The molecule has 0 heterocycles. The molecular weight excluding hydrogens is 476 g/mol. The third kappa shape index (κ3) is 11.0. The molecule has 2 rings (SSSR count). The van der Waals surface area contributed by atoms with Gasteiger partial charge in [-0.25, -0.2) is 13.1 Å². The lowest BCUT2D eigenvalue weighted by Gasteiger charge is -2.28. The fraction of sp³-hybridized carbons (Fsp3) is 0.704. The third-order valence-electron chi connectivity index (χ3n) is 6.46. The molecule has 9 heteroatoms. The summed E-state index contributed by atoms with van der Waals surface area (Å²) in [5.41, 5.74) is 0.557. The fourth-order valence-corrected chi connectivity index (χ4v) is 5.93. The number of anilines is 1. The van der Waals surface area contributed by atoms with E-state index in [1.807, 2.05) is 0 Å². The van der Waals surface area contributed by atoms with Crippen molar-refractivity contribution in [2.24, 2.45) is 23.7 Å². The molecule has 1 fully saturated rings. The van der Waals surface area contributed by atoms with Crippen LogP contribution in [0, 0.1) is 23.7 Å². The Hall–Kier alpha value is -1.97. The van der Waals surface area contributed by atoms with Crippen molar-refractivity contribution in [3.05, 3.63) is 24.3 Å². The lowest BCUT2D eigenvalue weighted by molar-refractivity contribution is -0.126. The number of carbonyl (C=O) groups excluding carboxylic acids is 2. The molecule has 36 heavy (non-hydrogen) atoms. The molecule has 3 N–H and O–H groups in total. The molecule has 0 atom stereocenters. The Morgan fingerprint density at radius 2 is 1.56 bits per heavy atom. The van der Waals surface area contributed by atoms with E-state index in [9.17, 15) is 18.0 Å². The van der Waals surface area contributed by atoms with Gasteiger partial charge >= 0.3 is 0 Å². The third-order valence-corrected chi connectivity index (χ3v) is 7.90. The van der Waals surface area contributed by atoms with Gasteiger partial charge in [-0.05, 0) is 80.7 Å². The molecule has 0 spiro atoms. The SMILES string of the molecule is CC(=O)Nc1ccc(S(=O)(=O)NCC2CCC(C(=O)NCCCN(CC(C)C)CC(C)C)CC2)cc1. The minimum Gasteiger partial charge on any atom is -0.356 e. The first-order valence-corrected chi connectivity index (χ1v) is 14.8. The van der Waals surface area contributed by atoms with Gasteiger partial charge < -0.3 is 15.5 Å². The summed E-state index contributed by atoms with van der Waals surface area (Å²) in [7, 11) is -3.62. The Labute approximate surface area is 218 Å². The largest absolute Gasteiger partial charge is 0.356 e. The van der Waals surface area contributed by atoms with Gasteiger partial charge in [0.15, 0.2) is 0 Å². The summed E-state index contributed by atoms with van der Waals surface area (Å²) >= 11 is 0. The van der Waals surface area contributed by atoms with Gasteiger partial charge in [-0.2, -0.15) is 0 Å². The van der Waals surface area contributed by atoms with Crippen LogP contribution in [0.15, 0.2) is 29.2 Å². The monoisotopic (exact) mass is 522 g/mol. The van der Waals surface area contributed by atoms with Crippen LogP contribution < -0.4 is 15.4 Å². The highest BCUT2D eigenvalue weighted by Gasteiger charge is 2.27. The van der Waals surface area contributed by atoms with Gasteiger partial charge in [-0.15, -0.1) is 0 Å². The van der Waals surface area contributed by atoms with Gasteiger partial charge in [0.2, 0.25) is 21.8 Å². The minimum absolute atomic E-state index is 0.0154. The average Bonchev–Trinajstić information content (AvgIpc) is 2.80. The Kier molecular flexibility index (Phi) is 12.3. The molecule has 0 bridgehead atoms. The van der Waals surface area contributed by atoms with Gasteiger partial charge in [0.05, 0.1) is 4.90 Å². The van der Waals surface area contributed by atoms with Crippen molar-refractivity contribution in [3.8, 4) is 0 Å². The predicted molar refractivity (Wildman–Crippen MR) is 145 cm³/mol. The van der Waals surface area contributed by atoms with Crippen LogP contribution >= 0.6 is 0 Å². The van der Waals surface area contributed by atoms with E-state index in [0.717, 1.165) is 51.7 Å². The van der Waals surface area contributed by atoms with Crippen molar-refractivity contribution in [1.82, 2.24) is 14.9 Å². The first-order chi connectivity index (χ1) is 17.0. The molecule has 0 aromatic heterocycles. The maximum absolute atomic E-state index is 12.6. The number of nitrogens with one attached hydrogen (secondary N) is 3. The number of hydrogen-bond donors (Lipinski definition) is 3. The molecular formula is C27H46N4O4S.